The normalized spacial score (nSPS) is 19.0. The summed E-state index contributed by atoms with van der Waals surface area (Å²) in [4.78, 5) is 23.0. The molecule has 0 saturated carbocycles. The Labute approximate surface area is 192 Å². The Bertz CT molecular complexity index is 1210. The van der Waals surface area contributed by atoms with Crippen molar-refractivity contribution in [2.45, 2.75) is 24.7 Å². The number of methoxy groups -OCH3 is 2. The number of aromatic nitrogens is 4. The number of alkyl halides is 3. The maximum Gasteiger partial charge on any atom is 0.418 e. The Hall–Kier alpha value is -3.45. The van der Waals surface area contributed by atoms with Gasteiger partial charge >= 0.3 is 6.18 Å². The standard InChI is InChI=1S/C21H24F3N7O3/c1-30-8-12(5-13(30)9-33-2)29-19(32)14-4-11(7-26-20(14)34-3)16-6-15(21(22,23)24)17-18(25)27-10-28-31(16)17/h4,6-7,10,12-13H,5,8-9H2,1-3H3,(H,29,32)(H2,25,27,28). The van der Waals surface area contributed by atoms with Gasteiger partial charge in [-0.1, -0.05) is 0 Å². The Morgan fingerprint density at radius 2 is 2.06 bits per heavy atom. The average molecular weight is 479 g/mol. The predicted molar refractivity (Wildman–Crippen MR) is 116 cm³/mol. The minimum Gasteiger partial charge on any atom is -0.480 e. The Morgan fingerprint density at radius 1 is 1.29 bits per heavy atom. The average Bonchev–Trinajstić information content (AvgIpc) is 3.35. The van der Waals surface area contributed by atoms with Gasteiger partial charge in [0.1, 0.15) is 17.4 Å². The van der Waals surface area contributed by atoms with Crippen molar-refractivity contribution in [1.29, 1.82) is 0 Å². The molecule has 1 amide bonds. The molecular weight excluding hydrogens is 455 g/mol. The molecule has 1 saturated heterocycles. The quantitative estimate of drug-likeness (QED) is 0.550. The Kier molecular flexibility index (Phi) is 6.32. The third-order valence-electron chi connectivity index (χ3n) is 5.86. The minimum absolute atomic E-state index is 0.0482. The number of hydrogen-bond acceptors (Lipinski definition) is 8. The highest BCUT2D eigenvalue weighted by molar-refractivity contribution is 5.98. The number of nitrogens with zero attached hydrogens (tertiary/aromatic N) is 5. The summed E-state index contributed by atoms with van der Waals surface area (Å²) in [6.45, 7) is 1.17. The van der Waals surface area contributed by atoms with Crippen molar-refractivity contribution in [3.8, 4) is 17.1 Å². The van der Waals surface area contributed by atoms with E-state index in [9.17, 15) is 18.0 Å². The van der Waals surface area contributed by atoms with E-state index in [-0.39, 0.29) is 46.1 Å². The zero-order chi connectivity index (χ0) is 24.6. The predicted octanol–water partition coefficient (Wildman–Crippen LogP) is 1.85. The molecule has 3 N–H and O–H groups in total. The largest absolute Gasteiger partial charge is 0.480 e. The zero-order valence-corrected chi connectivity index (χ0v) is 18.8. The van der Waals surface area contributed by atoms with Crippen LogP contribution in [0.5, 0.6) is 5.88 Å². The molecule has 3 aromatic heterocycles. The number of carbonyl (C=O) groups is 1. The lowest BCUT2D eigenvalue weighted by Gasteiger charge is -2.17. The summed E-state index contributed by atoms with van der Waals surface area (Å²) >= 11 is 0. The van der Waals surface area contributed by atoms with Gasteiger partial charge in [0.2, 0.25) is 5.88 Å². The van der Waals surface area contributed by atoms with Gasteiger partial charge < -0.3 is 20.5 Å². The number of ether oxygens (including phenoxy) is 2. The molecule has 1 fully saturated rings. The first-order valence-corrected chi connectivity index (χ1v) is 10.4. The second-order valence-corrected chi connectivity index (χ2v) is 8.08. The van der Waals surface area contributed by atoms with E-state index in [1.165, 1.54) is 19.4 Å². The lowest BCUT2D eigenvalue weighted by atomic mass is 10.1. The smallest absolute Gasteiger partial charge is 0.418 e. The van der Waals surface area contributed by atoms with Gasteiger partial charge in [-0.15, -0.1) is 0 Å². The van der Waals surface area contributed by atoms with Crippen LogP contribution in [-0.4, -0.2) is 76.9 Å². The monoisotopic (exact) mass is 479 g/mol. The number of hydrogen-bond donors (Lipinski definition) is 2. The fourth-order valence-electron chi connectivity index (χ4n) is 4.24. The van der Waals surface area contributed by atoms with Crippen molar-refractivity contribution in [3.05, 3.63) is 35.8 Å². The molecule has 1 aliphatic rings. The SMILES string of the molecule is COCC1CC(NC(=O)c2cc(-c3cc(C(F)(F)F)c4c(N)ncnn34)cnc2OC)CN1C. The highest BCUT2D eigenvalue weighted by Crippen LogP contribution is 2.39. The summed E-state index contributed by atoms with van der Waals surface area (Å²) in [5.41, 5.74) is 4.74. The third-order valence-corrected chi connectivity index (χ3v) is 5.86. The van der Waals surface area contributed by atoms with E-state index >= 15 is 0 Å². The number of pyridine rings is 1. The molecule has 13 heteroatoms. The van der Waals surface area contributed by atoms with Crippen LogP contribution < -0.4 is 15.8 Å². The molecule has 34 heavy (non-hydrogen) atoms. The summed E-state index contributed by atoms with van der Waals surface area (Å²) in [7, 11) is 4.93. The first-order valence-electron chi connectivity index (χ1n) is 10.4. The van der Waals surface area contributed by atoms with Gasteiger partial charge in [-0.25, -0.2) is 14.5 Å². The number of halogens is 3. The maximum atomic E-state index is 13.7. The van der Waals surface area contributed by atoms with Crippen molar-refractivity contribution >= 4 is 17.2 Å². The molecule has 4 heterocycles. The van der Waals surface area contributed by atoms with Gasteiger partial charge in [-0.3, -0.25) is 9.69 Å². The summed E-state index contributed by atoms with van der Waals surface area (Å²) < 4.78 is 52.5. The van der Waals surface area contributed by atoms with Crippen molar-refractivity contribution in [3.63, 3.8) is 0 Å². The topological polar surface area (TPSA) is 120 Å². The maximum absolute atomic E-state index is 13.7. The van der Waals surface area contributed by atoms with E-state index in [0.717, 1.165) is 16.9 Å². The molecule has 2 unspecified atom stereocenters. The van der Waals surface area contributed by atoms with Gasteiger partial charge in [0.25, 0.3) is 5.91 Å². The number of likely N-dealkylation sites (tertiary alicyclic amines) is 1. The number of rotatable bonds is 6. The molecule has 0 aliphatic carbocycles. The van der Waals surface area contributed by atoms with Crippen molar-refractivity contribution in [2.24, 2.45) is 0 Å². The summed E-state index contributed by atoms with van der Waals surface area (Å²) in [5, 5.41) is 6.89. The van der Waals surface area contributed by atoms with Gasteiger partial charge in [0.15, 0.2) is 5.82 Å². The molecule has 2 atom stereocenters. The van der Waals surface area contributed by atoms with Crippen LogP contribution in [0.1, 0.15) is 22.3 Å². The van der Waals surface area contributed by atoms with Crippen LogP contribution in [-0.2, 0) is 10.9 Å². The number of amides is 1. The summed E-state index contributed by atoms with van der Waals surface area (Å²) in [5.74, 6) is -0.718. The van der Waals surface area contributed by atoms with Crippen LogP contribution in [0.15, 0.2) is 24.7 Å². The van der Waals surface area contributed by atoms with E-state index in [1.54, 1.807) is 7.11 Å². The summed E-state index contributed by atoms with van der Waals surface area (Å²) in [6, 6.07) is 2.36. The Morgan fingerprint density at radius 3 is 2.74 bits per heavy atom. The zero-order valence-electron chi connectivity index (χ0n) is 18.8. The molecule has 0 spiro atoms. The minimum atomic E-state index is -4.68. The number of carbonyl (C=O) groups excluding carboxylic acids is 1. The number of nitrogen functional groups attached to an aromatic ring is 1. The van der Waals surface area contributed by atoms with Crippen LogP contribution in [0.2, 0.25) is 0 Å². The molecule has 4 rings (SSSR count). The van der Waals surface area contributed by atoms with E-state index < -0.39 is 17.6 Å². The summed E-state index contributed by atoms with van der Waals surface area (Å²) in [6.07, 6.45) is -1.62. The molecule has 3 aromatic rings. The number of likely N-dealkylation sites (N-methyl/N-ethyl adjacent to an activating group) is 1. The molecule has 0 radical (unpaired) electrons. The second-order valence-electron chi connectivity index (χ2n) is 8.08. The fraction of sp³-hybridized carbons (Fsp3) is 0.429. The number of nitrogens with two attached hydrogens (primary N) is 1. The van der Waals surface area contributed by atoms with Crippen molar-refractivity contribution in [2.75, 3.05) is 40.2 Å². The Balaban J connectivity index is 1.71. The van der Waals surface area contributed by atoms with Crippen LogP contribution in [0.25, 0.3) is 16.8 Å². The fourth-order valence-corrected chi connectivity index (χ4v) is 4.24. The van der Waals surface area contributed by atoms with Gasteiger partial charge in [-0.05, 0) is 25.6 Å². The van der Waals surface area contributed by atoms with E-state index in [2.05, 4.69) is 25.3 Å². The lowest BCUT2D eigenvalue weighted by Crippen LogP contribution is -2.36. The molecule has 0 aromatic carbocycles. The molecular formula is C21H24F3N7O3. The number of anilines is 1. The van der Waals surface area contributed by atoms with E-state index in [1.807, 2.05) is 7.05 Å². The van der Waals surface area contributed by atoms with Crippen LogP contribution in [0, 0.1) is 0 Å². The highest BCUT2D eigenvalue weighted by atomic mass is 19.4. The number of fused-ring (bicyclic) bond motifs is 1. The van der Waals surface area contributed by atoms with E-state index in [4.69, 9.17) is 15.2 Å². The van der Waals surface area contributed by atoms with E-state index in [0.29, 0.717) is 19.6 Å². The van der Waals surface area contributed by atoms with Crippen molar-refractivity contribution in [1.82, 2.24) is 29.8 Å². The van der Waals surface area contributed by atoms with Crippen LogP contribution in [0.3, 0.4) is 0 Å². The molecule has 1 aliphatic heterocycles. The van der Waals surface area contributed by atoms with Gasteiger partial charge in [0.05, 0.1) is 25.0 Å². The molecule has 0 bridgehead atoms. The lowest BCUT2D eigenvalue weighted by molar-refractivity contribution is -0.136. The van der Waals surface area contributed by atoms with Crippen LogP contribution in [0.4, 0.5) is 19.0 Å². The number of nitrogens with one attached hydrogen (secondary N) is 1. The molecule has 10 nitrogen and oxygen atoms in total. The van der Waals surface area contributed by atoms with Gasteiger partial charge in [-0.2, -0.15) is 18.3 Å². The second kappa shape index (κ2) is 9.06. The highest BCUT2D eigenvalue weighted by Gasteiger charge is 2.37. The van der Waals surface area contributed by atoms with Crippen LogP contribution >= 0.6 is 0 Å². The first kappa shape index (κ1) is 23.7. The first-order chi connectivity index (χ1) is 16.1. The molecule has 182 valence electrons. The van der Waals surface area contributed by atoms with Crippen molar-refractivity contribution < 1.29 is 27.4 Å². The third kappa shape index (κ3) is 4.35. The van der Waals surface area contributed by atoms with Gasteiger partial charge in [0, 0.05) is 37.5 Å².